The van der Waals surface area contributed by atoms with Gasteiger partial charge in [-0.1, -0.05) is 12.8 Å². The number of piperidine rings is 1. The Morgan fingerprint density at radius 1 is 1.15 bits per heavy atom. The molecular weight excluding hydrogens is 355 g/mol. The van der Waals surface area contributed by atoms with E-state index in [9.17, 15) is 18.0 Å². The fourth-order valence-electron chi connectivity index (χ4n) is 4.78. The minimum Gasteiger partial charge on any atom is -0.346 e. The van der Waals surface area contributed by atoms with Gasteiger partial charge in [-0.2, -0.15) is 13.2 Å². The van der Waals surface area contributed by atoms with Crippen molar-refractivity contribution in [3.05, 3.63) is 30.1 Å². The Kier molecular flexibility index (Phi) is 4.86. The van der Waals surface area contributed by atoms with Gasteiger partial charge in [-0.05, 0) is 49.3 Å². The Morgan fingerprint density at radius 2 is 1.89 bits per heavy atom. The number of likely N-dealkylation sites (tertiary alicyclic amines) is 1. The summed E-state index contributed by atoms with van der Waals surface area (Å²) in [4.78, 5) is 22.0. The smallest absolute Gasteiger partial charge is 0.346 e. The van der Waals surface area contributed by atoms with Crippen LogP contribution >= 0.6 is 0 Å². The van der Waals surface area contributed by atoms with Crippen LogP contribution in [0.2, 0.25) is 0 Å². The standard InChI is InChI=1S/C20H24F3N3O/c21-20(22,23)17-6-2-1-4-15(17)19(27)26-10-7-13(8-11-26)16-12-25-18-14(16)5-3-9-24-18/h3,5,9,12-13,15,17H,1-2,4,6-8,10-11H2,(H,24,25)/t15-,17+/m0/s1. The topological polar surface area (TPSA) is 49.0 Å². The third-order valence-electron chi connectivity index (χ3n) is 6.23. The van der Waals surface area contributed by atoms with Crippen LogP contribution in [0.15, 0.2) is 24.5 Å². The molecule has 1 saturated carbocycles. The Morgan fingerprint density at radius 3 is 2.63 bits per heavy atom. The minimum absolute atomic E-state index is 0.0821. The van der Waals surface area contributed by atoms with Crippen molar-refractivity contribution in [2.45, 2.75) is 50.6 Å². The number of nitrogens with one attached hydrogen (secondary N) is 1. The molecule has 1 aliphatic carbocycles. The summed E-state index contributed by atoms with van der Waals surface area (Å²) in [6.07, 6.45) is 2.69. The maximum atomic E-state index is 13.3. The molecule has 0 radical (unpaired) electrons. The molecule has 2 aliphatic rings. The van der Waals surface area contributed by atoms with Gasteiger partial charge in [0.05, 0.1) is 5.92 Å². The number of hydrogen-bond acceptors (Lipinski definition) is 2. The molecular formula is C20H24F3N3O. The molecule has 2 aromatic heterocycles. The second kappa shape index (κ2) is 7.17. The first-order chi connectivity index (χ1) is 12.9. The van der Waals surface area contributed by atoms with E-state index in [-0.39, 0.29) is 12.3 Å². The number of aromatic amines is 1. The SMILES string of the molecule is O=C([C@H]1CCCC[C@H]1C(F)(F)F)N1CCC(c2c[nH]c3ncccc23)CC1. The zero-order valence-corrected chi connectivity index (χ0v) is 15.1. The first-order valence-electron chi connectivity index (χ1n) is 9.72. The molecule has 1 N–H and O–H groups in total. The van der Waals surface area contributed by atoms with E-state index < -0.39 is 18.0 Å². The lowest BCUT2D eigenvalue weighted by Gasteiger charge is -2.38. The monoisotopic (exact) mass is 379 g/mol. The van der Waals surface area contributed by atoms with Crippen molar-refractivity contribution in [3.63, 3.8) is 0 Å². The summed E-state index contributed by atoms with van der Waals surface area (Å²) in [5, 5.41) is 1.09. The van der Waals surface area contributed by atoms with Crippen molar-refractivity contribution in [2.24, 2.45) is 11.8 Å². The van der Waals surface area contributed by atoms with Crippen LogP contribution in [0.25, 0.3) is 11.0 Å². The number of carbonyl (C=O) groups excluding carboxylic acids is 1. The summed E-state index contributed by atoms with van der Waals surface area (Å²) in [7, 11) is 0. The molecule has 2 fully saturated rings. The third-order valence-corrected chi connectivity index (χ3v) is 6.23. The maximum Gasteiger partial charge on any atom is 0.392 e. The van der Waals surface area contributed by atoms with Crippen LogP contribution in [0.3, 0.4) is 0 Å². The third kappa shape index (κ3) is 3.56. The number of alkyl halides is 3. The van der Waals surface area contributed by atoms with Gasteiger partial charge >= 0.3 is 6.18 Å². The zero-order valence-electron chi connectivity index (χ0n) is 15.1. The van der Waals surface area contributed by atoms with Gasteiger partial charge in [-0.15, -0.1) is 0 Å². The minimum atomic E-state index is -4.28. The highest BCUT2D eigenvalue weighted by Crippen LogP contribution is 2.43. The summed E-state index contributed by atoms with van der Waals surface area (Å²) in [5.74, 6) is -2.36. The zero-order chi connectivity index (χ0) is 19.0. The quantitative estimate of drug-likeness (QED) is 0.827. The summed E-state index contributed by atoms with van der Waals surface area (Å²) in [5.41, 5.74) is 2.04. The van der Waals surface area contributed by atoms with E-state index in [0.29, 0.717) is 38.3 Å². The van der Waals surface area contributed by atoms with Crippen LogP contribution in [0.4, 0.5) is 13.2 Å². The molecule has 146 valence electrons. The lowest BCUT2D eigenvalue weighted by Crippen LogP contribution is -2.47. The van der Waals surface area contributed by atoms with Crippen LogP contribution < -0.4 is 0 Å². The second-order valence-electron chi connectivity index (χ2n) is 7.78. The molecule has 2 atom stereocenters. The fourth-order valence-corrected chi connectivity index (χ4v) is 4.78. The van der Waals surface area contributed by atoms with Crippen molar-refractivity contribution in [1.29, 1.82) is 0 Å². The van der Waals surface area contributed by atoms with Crippen molar-refractivity contribution in [3.8, 4) is 0 Å². The predicted octanol–water partition coefficient (Wildman–Crippen LogP) is 4.64. The highest BCUT2D eigenvalue weighted by atomic mass is 19.4. The Bertz CT molecular complexity index is 808. The van der Waals surface area contributed by atoms with Gasteiger partial charge in [0.2, 0.25) is 5.91 Å². The number of rotatable bonds is 2. The fraction of sp³-hybridized carbons (Fsp3) is 0.600. The number of aromatic nitrogens is 2. The number of halogens is 3. The number of carbonyl (C=O) groups is 1. The number of nitrogens with zero attached hydrogens (tertiary/aromatic N) is 2. The molecule has 0 bridgehead atoms. The molecule has 0 spiro atoms. The molecule has 4 rings (SSSR count). The molecule has 3 heterocycles. The molecule has 2 aromatic rings. The van der Waals surface area contributed by atoms with Gasteiger partial charge in [0.1, 0.15) is 5.65 Å². The van der Waals surface area contributed by atoms with Crippen LogP contribution in [0.5, 0.6) is 0 Å². The van der Waals surface area contributed by atoms with E-state index in [1.54, 1.807) is 11.1 Å². The van der Waals surface area contributed by atoms with Crippen LogP contribution in [0, 0.1) is 11.8 Å². The first kappa shape index (κ1) is 18.3. The summed E-state index contributed by atoms with van der Waals surface area (Å²) in [6, 6.07) is 3.93. The van der Waals surface area contributed by atoms with E-state index in [4.69, 9.17) is 0 Å². The number of fused-ring (bicyclic) bond motifs is 1. The van der Waals surface area contributed by atoms with Crippen LogP contribution in [-0.4, -0.2) is 40.0 Å². The highest BCUT2D eigenvalue weighted by Gasteiger charge is 2.49. The average molecular weight is 379 g/mol. The van der Waals surface area contributed by atoms with E-state index in [2.05, 4.69) is 9.97 Å². The van der Waals surface area contributed by atoms with Crippen molar-refractivity contribution in [1.82, 2.24) is 14.9 Å². The van der Waals surface area contributed by atoms with Crippen LogP contribution in [0.1, 0.15) is 50.0 Å². The lowest BCUT2D eigenvalue weighted by atomic mass is 9.77. The molecule has 0 unspecified atom stereocenters. The van der Waals surface area contributed by atoms with Gasteiger partial charge in [-0.3, -0.25) is 4.79 Å². The summed E-state index contributed by atoms with van der Waals surface area (Å²) in [6.45, 7) is 1.05. The lowest BCUT2D eigenvalue weighted by molar-refractivity contribution is -0.201. The van der Waals surface area contributed by atoms with Gasteiger partial charge in [0, 0.05) is 36.8 Å². The molecule has 4 nitrogen and oxygen atoms in total. The predicted molar refractivity (Wildman–Crippen MR) is 96.2 cm³/mol. The van der Waals surface area contributed by atoms with Crippen molar-refractivity contribution < 1.29 is 18.0 Å². The van der Waals surface area contributed by atoms with Gasteiger partial charge in [0.15, 0.2) is 0 Å². The second-order valence-corrected chi connectivity index (χ2v) is 7.78. The van der Waals surface area contributed by atoms with Crippen molar-refractivity contribution in [2.75, 3.05) is 13.1 Å². The number of amides is 1. The van der Waals surface area contributed by atoms with Gasteiger partial charge in [-0.25, -0.2) is 4.98 Å². The number of hydrogen-bond donors (Lipinski definition) is 1. The van der Waals surface area contributed by atoms with E-state index >= 15 is 0 Å². The van der Waals surface area contributed by atoms with E-state index in [1.165, 1.54) is 5.56 Å². The Hall–Kier alpha value is -2.05. The average Bonchev–Trinajstić information content (AvgIpc) is 3.11. The molecule has 1 amide bonds. The largest absolute Gasteiger partial charge is 0.392 e. The molecule has 27 heavy (non-hydrogen) atoms. The molecule has 1 aliphatic heterocycles. The summed E-state index contributed by atoms with van der Waals surface area (Å²) >= 11 is 0. The first-order valence-corrected chi connectivity index (χ1v) is 9.72. The molecule has 0 aromatic carbocycles. The molecule has 7 heteroatoms. The Balaban J connectivity index is 1.43. The highest BCUT2D eigenvalue weighted by molar-refractivity contribution is 5.81. The number of pyridine rings is 1. The maximum absolute atomic E-state index is 13.3. The number of H-pyrrole nitrogens is 1. The van der Waals surface area contributed by atoms with Gasteiger partial charge < -0.3 is 9.88 Å². The van der Waals surface area contributed by atoms with E-state index in [1.807, 2.05) is 18.3 Å². The normalized spacial score (nSPS) is 25.1. The van der Waals surface area contributed by atoms with Crippen molar-refractivity contribution >= 4 is 16.9 Å². The van der Waals surface area contributed by atoms with E-state index in [0.717, 1.165) is 23.9 Å². The molecule has 1 saturated heterocycles. The summed E-state index contributed by atoms with van der Waals surface area (Å²) < 4.78 is 40.0. The van der Waals surface area contributed by atoms with Crippen LogP contribution in [-0.2, 0) is 4.79 Å². The Labute approximate surface area is 156 Å². The van der Waals surface area contributed by atoms with Gasteiger partial charge in [0.25, 0.3) is 0 Å².